The van der Waals surface area contributed by atoms with Gasteiger partial charge < -0.3 is 9.84 Å². The van der Waals surface area contributed by atoms with Crippen LogP contribution in [0.3, 0.4) is 0 Å². The van der Waals surface area contributed by atoms with Gasteiger partial charge in [-0.15, -0.1) is 0 Å². The van der Waals surface area contributed by atoms with Crippen molar-refractivity contribution in [2.24, 2.45) is 0 Å². The molecule has 0 aliphatic rings. The molecule has 0 saturated heterocycles. The molecule has 0 spiro atoms. The molecule has 0 amide bonds. The lowest BCUT2D eigenvalue weighted by Gasteiger charge is -2.02. The summed E-state index contributed by atoms with van der Waals surface area (Å²) < 4.78 is 4.95. The molecule has 0 aliphatic carbocycles. The number of hydrogen-bond acceptors (Lipinski definition) is 3. The van der Waals surface area contributed by atoms with E-state index in [-0.39, 0.29) is 11.4 Å². The van der Waals surface area contributed by atoms with Gasteiger partial charge in [0.1, 0.15) is 5.75 Å². The Kier molecular flexibility index (Phi) is 3.83. The average Bonchev–Trinajstić information content (AvgIpc) is 2.27. The molecule has 0 bridgehead atoms. The second-order valence-electron chi connectivity index (χ2n) is 3.22. The summed E-state index contributed by atoms with van der Waals surface area (Å²) in [6.07, 6.45) is 0.895. The topological polar surface area (TPSA) is 63.6 Å². The van der Waals surface area contributed by atoms with E-state index in [1.165, 1.54) is 14.0 Å². The van der Waals surface area contributed by atoms with Gasteiger partial charge in [-0.05, 0) is 31.2 Å². The van der Waals surface area contributed by atoms with Crippen LogP contribution < -0.4 is 4.74 Å². The molecule has 1 N–H and O–H groups in total. The number of benzene rings is 1. The zero-order chi connectivity index (χ0) is 12.1. The third kappa shape index (κ3) is 2.95. The number of allylic oxidation sites excluding steroid dienone is 1. The van der Waals surface area contributed by atoms with Gasteiger partial charge in [0.05, 0.1) is 7.11 Å². The summed E-state index contributed by atoms with van der Waals surface area (Å²) in [5.74, 6) is -0.777. The molecule has 1 aromatic rings. The fourth-order valence-electron chi connectivity index (χ4n) is 1.22. The molecule has 0 atom stereocenters. The fourth-order valence-corrected chi connectivity index (χ4v) is 1.22. The highest BCUT2D eigenvalue weighted by Crippen LogP contribution is 2.14. The summed E-state index contributed by atoms with van der Waals surface area (Å²) in [7, 11) is 1.53. The predicted molar refractivity (Wildman–Crippen MR) is 58.7 cm³/mol. The summed E-state index contributed by atoms with van der Waals surface area (Å²) in [6, 6.07) is 6.50. The molecule has 0 heterocycles. The van der Waals surface area contributed by atoms with Crippen LogP contribution in [0.1, 0.15) is 17.3 Å². The minimum Gasteiger partial charge on any atom is -0.497 e. The number of carboxylic acid groups (broad SMARTS) is 1. The lowest BCUT2D eigenvalue weighted by atomic mass is 10.0. The highest BCUT2D eigenvalue weighted by Gasteiger charge is 2.09. The molecular weight excluding hydrogens is 208 g/mol. The monoisotopic (exact) mass is 220 g/mol. The van der Waals surface area contributed by atoms with Crippen molar-refractivity contribution in [2.45, 2.75) is 6.92 Å². The summed E-state index contributed by atoms with van der Waals surface area (Å²) in [6.45, 7) is 1.47. The summed E-state index contributed by atoms with van der Waals surface area (Å²) in [5, 5.41) is 8.51. The second kappa shape index (κ2) is 5.11. The first kappa shape index (κ1) is 12.0. The number of methoxy groups -OCH3 is 1. The molecule has 1 rings (SSSR count). The summed E-state index contributed by atoms with van der Waals surface area (Å²) in [4.78, 5) is 22.1. The van der Waals surface area contributed by atoms with Crippen LogP contribution in [0.5, 0.6) is 5.75 Å². The van der Waals surface area contributed by atoms with Gasteiger partial charge in [0.25, 0.3) is 0 Å². The van der Waals surface area contributed by atoms with Gasteiger partial charge in [-0.3, -0.25) is 4.79 Å². The standard InChI is InChI=1S/C12H12O4/c1-8(7-11(13)14)12(15)9-3-5-10(16-2)6-4-9/h3-7H,1-2H3,(H,13,14). The van der Waals surface area contributed by atoms with Crippen LogP contribution in [0, 0.1) is 0 Å². The van der Waals surface area contributed by atoms with Crippen LogP contribution in [-0.4, -0.2) is 24.0 Å². The molecule has 16 heavy (non-hydrogen) atoms. The van der Waals surface area contributed by atoms with Gasteiger partial charge in [-0.25, -0.2) is 4.79 Å². The van der Waals surface area contributed by atoms with Crippen LogP contribution in [0.4, 0.5) is 0 Å². The Labute approximate surface area is 93.2 Å². The average molecular weight is 220 g/mol. The molecule has 1 aromatic carbocycles. The maximum absolute atomic E-state index is 11.7. The third-order valence-corrected chi connectivity index (χ3v) is 2.05. The van der Waals surface area contributed by atoms with E-state index in [0.717, 1.165) is 6.08 Å². The Morgan fingerprint density at radius 3 is 2.25 bits per heavy atom. The smallest absolute Gasteiger partial charge is 0.328 e. The fraction of sp³-hybridized carbons (Fsp3) is 0.167. The molecule has 0 saturated carbocycles. The van der Waals surface area contributed by atoms with E-state index < -0.39 is 5.97 Å². The molecule has 84 valence electrons. The number of ketones is 1. The molecule has 0 aromatic heterocycles. The Bertz CT molecular complexity index is 429. The van der Waals surface area contributed by atoms with Crippen LogP contribution in [0.25, 0.3) is 0 Å². The van der Waals surface area contributed by atoms with Crippen LogP contribution >= 0.6 is 0 Å². The molecule has 0 fully saturated rings. The van der Waals surface area contributed by atoms with Gasteiger partial charge in [0.15, 0.2) is 5.78 Å². The van der Waals surface area contributed by atoms with Crippen molar-refractivity contribution >= 4 is 11.8 Å². The van der Waals surface area contributed by atoms with Crippen molar-refractivity contribution in [3.63, 3.8) is 0 Å². The first-order chi connectivity index (χ1) is 7.54. The summed E-state index contributed by atoms with van der Waals surface area (Å²) in [5.41, 5.74) is 0.633. The molecule has 4 nitrogen and oxygen atoms in total. The minimum atomic E-state index is -1.13. The Balaban J connectivity index is 2.92. The highest BCUT2D eigenvalue weighted by atomic mass is 16.5. The van der Waals surface area contributed by atoms with Gasteiger partial charge in [0.2, 0.25) is 0 Å². The van der Waals surface area contributed by atoms with E-state index in [9.17, 15) is 9.59 Å². The number of rotatable bonds is 4. The minimum absolute atomic E-state index is 0.192. The molecule has 4 heteroatoms. The Morgan fingerprint density at radius 2 is 1.81 bits per heavy atom. The van der Waals surface area contributed by atoms with E-state index in [4.69, 9.17) is 9.84 Å². The van der Waals surface area contributed by atoms with Gasteiger partial charge in [-0.1, -0.05) is 0 Å². The summed E-state index contributed by atoms with van der Waals surface area (Å²) >= 11 is 0. The number of aliphatic carboxylic acids is 1. The van der Waals surface area contributed by atoms with Gasteiger partial charge >= 0.3 is 5.97 Å². The van der Waals surface area contributed by atoms with Crippen molar-refractivity contribution in [1.29, 1.82) is 0 Å². The van der Waals surface area contributed by atoms with Crippen LogP contribution in [0.2, 0.25) is 0 Å². The number of carbonyl (C=O) groups is 2. The van der Waals surface area contributed by atoms with E-state index in [2.05, 4.69) is 0 Å². The van der Waals surface area contributed by atoms with E-state index in [1.54, 1.807) is 24.3 Å². The van der Waals surface area contributed by atoms with E-state index in [0.29, 0.717) is 11.3 Å². The predicted octanol–water partition coefficient (Wildman–Crippen LogP) is 1.91. The lowest BCUT2D eigenvalue weighted by molar-refractivity contribution is -0.131. The largest absolute Gasteiger partial charge is 0.497 e. The number of carboxylic acids is 1. The maximum Gasteiger partial charge on any atom is 0.328 e. The van der Waals surface area contributed by atoms with Crippen molar-refractivity contribution in [3.8, 4) is 5.75 Å². The highest BCUT2D eigenvalue weighted by molar-refractivity contribution is 6.10. The normalized spacial score (nSPS) is 11.0. The third-order valence-electron chi connectivity index (χ3n) is 2.05. The van der Waals surface area contributed by atoms with Gasteiger partial charge in [-0.2, -0.15) is 0 Å². The molecule has 0 aliphatic heterocycles. The number of hydrogen-bond donors (Lipinski definition) is 1. The van der Waals surface area contributed by atoms with Crippen LogP contribution in [-0.2, 0) is 4.79 Å². The zero-order valence-corrected chi connectivity index (χ0v) is 9.06. The maximum atomic E-state index is 11.7. The Hall–Kier alpha value is -2.10. The van der Waals surface area contributed by atoms with Crippen molar-refractivity contribution in [3.05, 3.63) is 41.5 Å². The lowest BCUT2D eigenvalue weighted by Crippen LogP contribution is -2.03. The van der Waals surface area contributed by atoms with Crippen molar-refractivity contribution in [1.82, 2.24) is 0 Å². The molecule has 0 radical (unpaired) electrons. The van der Waals surface area contributed by atoms with Crippen molar-refractivity contribution in [2.75, 3.05) is 7.11 Å². The second-order valence-corrected chi connectivity index (χ2v) is 3.22. The first-order valence-electron chi connectivity index (χ1n) is 4.64. The van der Waals surface area contributed by atoms with Gasteiger partial charge in [0, 0.05) is 17.2 Å². The Morgan fingerprint density at radius 1 is 1.25 bits per heavy atom. The number of carbonyl (C=O) groups excluding carboxylic acids is 1. The van der Waals surface area contributed by atoms with E-state index >= 15 is 0 Å². The molecular formula is C12H12O4. The quantitative estimate of drug-likeness (QED) is 0.621. The van der Waals surface area contributed by atoms with Crippen molar-refractivity contribution < 1.29 is 19.4 Å². The number of Topliss-reactive ketones (excluding diaryl/α,β-unsaturated/α-hetero) is 1. The number of ether oxygens (including phenoxy) is 1. The van der Waals surface area contributed by atoms with E-state index in [1.807, 2.05) is 0 Å². The SMILES string of the molecule is COc1ccc(C(=O)C(C)=CC(=O)O)cc1. The molecule has 0 unspecified atom stereocenters. The zero-order valence-electron chi connectivity index (χ0n) is 9.06. The first-order valence-corrected chi connectivity index (χ1v) is 4.64. The van der Waals surface area contributed by atoms with Crippen LogP contribution in [0.15, 0.2) is 35.9 Å².